The van der Waals surface area contributed by atoms with Crippen molar-refractivity contribution in [2.24, 2.45) is 5.92 Å². The molecular formula is C24H25FN4O4. The number of amides is 1. The number of nitrogens with two attached hydrogens (primary N) is 1. The minimum atomic E-state index is -0.727. The SMILES string of the molecule is COCCn1c(N)c(N(Cc2ccccc2)C(=O)C2CC2c2ccc(F)cc2)c(=O)[nH]c1=O. The molecule has 1 heterocycles. The molecule has 1 aliphatic carbocycles. The van der Waals surface area contributed by atoms with Crippen molar-refractivity contribution >= 4 is 17.4 Å². The molecule has 3 N–H and O–H groups in total. The predicted octanol–water partition coefficient (Wildman–Crippen LogP) is 2.24. The van der Waals surface area contributed by atoms with Gasteiger partial charge in [-0.05, 0) is 35.6 Å². The molecule has 33 heavy (non-hydrogen) atoms. The number of carbonyl (C=O) groups excluding carboxylic acids is 1. The second kappa shape index (κ2) is 9.41. The van der Waals surface area contributed by atoms with Gasteiger partial charge in [-0.3, -0.25) is 24.0 Å². The van der Waals surface area contributed by atoms with Crippen LogP contribution < -0.4 is 21.9 Å². The number of nitrogens with zero attached hydrogens (tertiary/aromatic N) is 2. The number of aromatic nitrogens is 2. The van der Waals surface area contributed by atoms with Gasteiger partial charge in [0.2, 0.25) is 5.91 Å². The van der Waals surface area contributed by atoms with Crippen LogP contribution in [0.3, 0.4) is 0 Å². The average molecular weight is 452 g/mol. The molecule has 0 spiro atoms. The van der Waals surface area contributed by atoms with Crippen molar-refractivity contribution in [3.8, 4) is 0 Å². The number of H-pyrrole nitrogens is 1. The lowest BCUT2D eigenvalue weighted by Gasteiger charge is -2.25. The molecule has 8 nitrogen and oxygen atoms in total. The van der Waals surface area contributed by atoms with Crippen molar-refractivity contribution in [2.75, 3.05) is 24.4 Å². The van der Waals surface area contributed by atoms with E-state index in [1.165, 1.54) is 28.7 Å². The predicted molar refractivity (Wildman–Crippen MR) is 122 cm³/mol. The molecule has 3 aromatic rings. The monoisotopic (exact) mass is 452 g/mol. The summed E-state index contributed by atoms with van der Waals surface area (Å²) in [6.45, 7) is 0.444. The highest BCUT2D eigenvalue weighted by molar-refractivity contribution is 5.99. The van der Waals surface area contributed by atoms with Crippen molar-refractivity contribution in [3.63, 3.8) is 0 Å². The number of nitrogens with one attached hydrogen (secondary N) is 1. The molecule has 172 valence electrons. The zero-order chi connectivity index (χ0) is 23.5. The number of anilines is 2. The van der Waals surface area contributed by atoms with Gasteiger partial charge in [-0.15, -0.1) is 0 Å². The molecule has 1 fully saturated rings. The minimum Gasteiger partial charge on any atom is -0.383 e. The number of halogens is 1. The molecule has 0 saturated heterocycles. The molecule has 0 radical (unpaired) electrons. The summed E-state index contributed by atoms with van der Waals surface area (Å²) in [5, 5.41) is 0. The third-order valence-corrected chi connectivity index (χ3v) is 5.86. The van der Waals surface area contributed by atoms with Crippen LogP contribution in [0.15, 0.2) is 64.2 Å². The maximum atomic E-state index is 13.6. The fourth-order valence-corrected chi connectivity index (χ4v) is 4.02. The molecule has 0 bridgehead atoms. The van der Waals surface area contributed by atoms with Gasteiger partial charge in [0, 0.05) is 13.0 Å². The Balaban J connectivity index is 1.72. The van der Waals surface area contributed by atoms with Crippen LogP contribution in [0.25, 0.3) is 0 Å². The summed E-state index contributed by atoms with van der Waals surface area (Å²) in [5.74, 6) is -1.16. The topological polar surface area (TPSA) is 110 Å². The molecule has 2 unspecified atom stereocenters. The van der Waals surface area contributed by atoms with Gasteiger partial charge < -0.3 is 10.5 Å². The van der Waals surface area contributed by atoms with E-state index in [0.29, 0.717) is 6.42 Å². The summed E-state index contributed by atoms with van der Waals surface area (Å²) in [4.78, 5) is 42.4. The van der Waals surface area contributed by atoms with Crippen molar-refractivity contribution in [3.05, 3.63) is 92.4 Å². The zero-order valence-corrected chi connectivity index (χ0v) is 18.2. The van der Waals surface area contributed by atoms with Gasteiger partial charge in [-0.2, -0.15) is 0 Å². The quantitative estimate of drug-likeness (QED) is 0.545. The van der Waals surface area contributed by atoms with E-state index < -0.39 is 11.2 Å². The minimum absolute atomic E-state index is 0.0655. The molecule has 1 saturated carbocycles. The number of aromatic amines is 1. The van der Waals surface area contributed by atoms with Gasteiger partial charge in [-0.1, -0.05) is 42.5 Å². The third kappa shape index (κ3) is 4.73. The zero-order valence-electron chi connectivity index (χ0n) is 18.2. The summed E-state index contributed by atoms with van der Waals surface area (Å²) in [6.07, 6.45) is 0.580. The lowest BCUT2D eigenvalue weighted by atomic mass is 10.1. The fraction of sp³-hybridized carbons (Fsp3) is 0.292. The molecule has 1 amide bonds. The van der Waals surface area contributed by atoms with E-state index in [-0.39, 0.29) is 54.8 Å². The highest BCUT2D eigenvalue weighted by Gasteiger charge is 2.46. The van der Waals surface area contributed by atoms with Crippen molar-refractivity contribution < 1.29 is 13.9 Å². The molecule has 1 aromatic heterocycles. The molecule has 9 heteroatoms. The van der Waals surface area contributed by atoms with Crippen LogP contribution in [0.1, 0.15) is 23.5 Å². The van der Waals surface area contributed by atoms with Gasteiger partial charge in [-0.25, -0.2) is 9.18 Å². The Morgan fingerprint density at radius 1 is 1.18 bits per heavy atom. The Labute approximate surface area is 189 Å². The van der Waals surface area contributed by atoms with E-state index >= 15 is 0 Å². The standard InChI is InChI=1S/C24H25FN4O4/c1-33-12-11-28-21(26)20(22(30)27-24(28)32)29(14-15-5-3-2-4-6-15)23(31)19-13-18(19)16-7-9-17(25)10-8-16/h2-10,18-19H,11-14,26H2,1H3,(H,27,30,32). The van der Waals surface area contributed by atoms with E-state index in [0.717, 1.165) is 11.1 Å². The summed E-state index contributed by atoms with van der Waals surface area (Å²) >= 11 is 0. The van der Waals surface area contributed by atoms with Crippen molar-refractivity contribution in [1.82, 2.24) is 9.55 Å². The van der Waals surface area contributed by atoms with E-state index in [1.807, 2.05) is 30.3 Å². The first-order chi connectivity index (χ1) is 15.9. The summed E-state index contributed by atoms with van der Waals surface area (Å²) in [7, 11) is 1.49. The molecule has 2 atom stereocenters. The summed E-state index contributed by atoms with van der Waals surface area (Å²) < 4.78 is 19.5. The fourth-order valence-electron chi connectivity index (χ4n) is 4.02. The Morgan fingerprint density at radius 2 is 1.88 bits per heavy atom. The van der Waals surface area contributed by atoms with Gasteiger partial charge >= 0.3 is 5.69 Å². The number of rotatable bonds is 8. The largest absolute Gasteiger partial charge is 0.383 e. The van der Waals surface area contributed by atoms with E-state index in [2.05, 4.69) is 4.98 Å². The Morgan fingerprint density at radius 3 is 2.55 bits per heavy atom. The van der Waals surface area contributed by atoms with Crippen LogP contribution in [0, 0.1) is 11.7 Å². The number of hydrogen-bond acceptors (Lipinski definition) is 5. The first kappa shape index (κ1) is 22.5. The number of nitrogen functional groups attached to an aromatic ring is 1. The van der Waals surface area contributed by atoms with E-state index in [1.54, 1.807) is 12.1 Å². The van der Waals surface area contributed by atoms with Gasteiger partial charge in [0.1, 0.15) is 11.6 Å². The lowest BCUT2D eigenvalue weighted by molar-refractivity contribution is -0.120. The van der Waals surface area contributed by atoms with Crippen LogP contribution in [-0.4, -0.2) is 29.2 Å². The number of carbonyl (C=O) groups is 1. The maximum absolute atomic E-state index is 13.6. The smallest absolute Gasteiger partial charge is 0.330 e. The summed E-state index contributed by atoms with van der Waals surface area (Å²) in [6, 6.07) is 15.3. The van der Waals surface area contributed by atoms with E-state index in [9.17, 15) is 18.8 Å². The molecule has 1 aliphatic rings. The molecule has 4 rings (SSSR count). The van der Waals surface area contributed by atoms with Crippen molar-refractivity contribution in [1.29, 1.82) is 0 Å². The van der Waals surface area contributed by atoms with Crippen LogP contribution in [0.4, 0.5) is 15.9 Å². The molecule has 2 aromatic carbocycles. The van der Waals surface area contributed by atoms with Gasteiger partial charge in [0.05, 0.1) is 19.7 Å². The first-order valence-corrected chi connectivity index (χ1v) is 10.6. The highest BCUT2D eigenvalue weighted by Crippen LogP contribution is 2.49. The van der Waals surface area contributed by atoms with Crippen LogP contribution in [0.5, 0.6) is 0 Å². The van der Waals surface area contributed by atoms with Crippen LogP contribution in [0.2, 0.25) is 0 Å². The second-order valence-corrected chi connectivity index (χ2v) is 8.05. The number of ether oxygens (including phenoxy) is 1. The molecule has 0 aliphatic heterocycles. The number of methoxy groups -OCH3 is 1. The maximum Gasteiger partial charge on any atom is 0.330 e. The average Bonchev–Trinajstić information content (AvgIpc) is 3.60. The van der Waals surface area contributed by atoms with Crippen molar-refractivity contribution in [2.45, 2.75) is 25.4 Å². The Bertz CT molecular complexity index is 1250. The third-order valence-electron chi connectivity index (χ3n) is 5.86. The normalized spacial score (nSPS) is 17.0. The Hall–Kier alpha value is -3.72. The summed E-state index contributed by atoms with van der Waals surface area (Å²) in [5.41, 5.74) is 6.46. The molecular weight excluding hydrogens is 427 g/mol. The van der Waals surface area contributed by atoms with Crippen LogP contribution in [-0.2, 0) is 22.6 Å². The van der Waals surface area contributed by atoms with Gasteiger partial charge in [0.15, 0.2) is 5.69 Å². The van der Waals surface area contributed by atoms with E-state index in [4.69, 9.17) is 10.5 Å². The number of benzene rings is 2. The number of hydrogen-bond donors (Lipinski definition) is 2. The first-order valence-electron chi connectivity index (χ1n) is 10.6. The highest BCUT2D eigenvalue weighted by atomic mass is 19.1. The van der Waals surface area contributed by atoms with Crippen LogP contribution >= 0.6 is 0 Å². The second-order valence-electron chi connectivity index (χ2n) is 8.05. The van der Waals surface area contributed by atoms with Gasteiger partial charge in [0.25, 0.3) is 5.56 Å². The Kier molecular flexibility index (Phi) is 6.41. The lowest BCUT2D eigenvalue weighted by Crippen LogP contribution is -2.42.